The highest BCUT2D eigenvalue weighted by Gasteiger charge is 2.11. The Balaban J connectivity index is 2.93. The van der Waals surface area contributed by atoms with Crippen LogP contribution in [0.15, 0.2) is 17.4 Å². The van der Waals surface area contributed by atoms with Crippen LogP contribution in [0, 0.1) is 6.92 Å². The fourth-order valence-electron chi connectivity index (χ4n) is 1.22. The molecule has 4 heteroatoms. The molecule has 0 bridgehead atoms. The lowest BCUT2D eigenvalue weighted by Gasteiger charge is -2.22. The molecule has 0 saturated heterocycles. The number of aryl methyl sites for hydroxylation is 1. The zero-order valence-electron chi connectivity index (χ0n) is 9.57. The van der Waals surface area contributed by atoms with E-state index in [0.29, 0.717) is 0 Å². The average molecular weight is 207 g/mol. The van der Waals surface area contributed by atoms with Crippen LogP contribution in [0.4, 0.5) is 5.82 Å². The van der Waals surface area contributed by atoms with Gasteiger partial charge >= 0.3 is 0 Å². The summed E-state index contributed by atoms with van der Waals surface area (Å²) in [4.78, 5) is 4.27. The molecule has 0 spiro atoms. The van der Waals surface area contributed by atoms with Crippen LogP contribution < -0.4 is 5.32 Å². The normalized spacial score (nSPS) is 12.0. The van der Waals surface area contributed by atoms with Crippen molar-refractivity contribution < 1.29 is 5.21 Å². The van der Waals surface area contributed by atoms with Gasteiger partial charge in [-0.05, 0) is 39.3 Å². The summed E-state index contributed by atoms with van der Waals surface area (Å²) in [5.74, 6) is 0.859. The molecule has 0 aliphatic rings. The van der Waals surface area contributed by atoms with Gasteiger partial charge in [-0.3, -0.25) is 0 Å². The van der Waals surface area contributed by atoms with E-state index in [4.69, 9.17) is 5.21 Å². The van der Waals surface area contributed by atoms with Crippen molar-refractivity contribution in [2.24, 2.45) is 5.16 Å². The Morgan fingerprint density at radius 1 is 1.47 bits per heavy atom. The minimum absolute atomic E-state index is 0.00958. The predicted octanol–water partition coefficient (Wildman–Crippen LogP) is 2.41. The fourth-order valence-corrected chi connectivity index (χ4v) is 1.22. The molecular formula is C11H17N3O. The Bertz CT molecular complexity index is 367. The molecule has 0 radical (unpaired) electrons. The smallest absolute Gasteiger partial charge is 0.129 e. The highest BCUT2D eigenvalue weighted by Crippen LogP contribution is 2.16. The first-order valence-corrected chi connectivity index (χ1v) is 4.84. The Morgan fingerprint density at radius 3 is 2.60 bits per heavy atom. The summed E-state index contributed by atoms with van der Waals surface area (Å²) in [6, 6.07) is 1.92. The molecule has 0 aliphatic heterocycles. The van der Waals surface area contributed by atoms with Crippen LogP contribution in [-0.2, 0) is 0 Å². The van der Waals surface area contributed by atoms with Gasteiger partial charge in [0.2, 0.25) is 0 Å². The third-order valence-corrected chi connectivity index (χ3v) is 1.80. The van der Waals surface area contributed by atoms with Crippen molar-refractivity contribution in [3.05, 3.63) is 23.4 Å². The summed E-state index contributed by atoms with van der Waals surface area (Å²) in [6.07, 6.45) is 3.03. The van der Waals surface area contributed by atoms with Crippen LogP contribution in [0.2, 0.25) is 0 Å². The second-order valence-electron chi connectivity index (χ2n) is 4.55. The van der Waals surface area contributed by atoms with Crippen molar-refractivity contribution in [2.45, 2.75) is 33.2 Å². The van der Waals surface area contributed by atoms with Crippen molar-refractivity contribution in [3.63, 3.8) is 0 Å². The first-order chi connectivity index (χ1) is 6.92. The lowest BCUT2D eigenvalue weighted by molar-refractivity contribution is 0.322. The Hall–Kier alpha value is -1.58. The number of hydrogen-bond donors (Lipinski definition) is 2. The molecule has 0 saturated carbocycles. The van der Waals surface area contributed by atoms with Crippen LogP contribution >= 0.6 is 0 Å². The molecule has 0 atom stereocenters. The maximum atomic E-state index is 8.39. The second-order valence-corrected chi connectivity index (χ2v) is 4.55. The fraction of sp³-hybridized carbons (Fsp3) is 0.455. The number of aromatic nitrogens is 1. The molecule has 0 amide bonds. The van der Waals surface area contributed by atoms with Crippen molar-refractivity contribution in [2.75, 3.05) is 5.32 Å². The number of oxime groups is 1. The van der Waals surface area contributed by atoms with Crippen molar-refractivity contribution in [1.82, 2.24) is 4.98 Å². The first-order valence-electron chi connectivity index (χ1n) is 4.84. The molecule has 82 valence electrons. The van der Waals surface area contributed by atoms with Gasteiger partial charge in [-0.1, -0.05) is 5.16 Å². The van der Waals surface area contributed by atoms with Crippen LogP contribution in [-0.4, -0.2) is 21.9 Å². The van der Waals surface area contributed by atoms with Gasteiger partial charge in [0, 0.05) is 17.3 Å². The van der Waals surface area contributed by atoms with Crippen molar-refractivity contribution in [3.8, 4) is 0 Å². The molecule has 4 nitrogen and oxygen atoms in total. The third-order valence-electron chi connectivity index (χ3n) is 1.80. The van der Waals surface area contributed by atoms with E-state index in [-0.39, 0.29) is 5.54 Å². The Labute approximate surface area is 90.0 Å². The van der Waals surface area contributed by atoms with Gasteiger partial charge in [0.15, 0.2) is 0 Å². The van der Waals surface area contributed by atoms with E-state index in [1.165, 1.54) is 6.21 Å². The number of pyridine rings is 1. The molecule has 0 aromatic carbocycles. The van der Waals surface area contributed by atoms with Crippen LogP contribution in [0.3, 0.4) is 0 Å². The quantitative estimate of drug-likeness (QED) is 0.445. The molecule has 0 fully saturated rings. The standard InChI is InChI=1S/C11H17N3O/c1-8-5-9(7-13-15)6-12-10(8)14-11(2,3)4/h5-7,15H,1-4H3,(H,12,14)/b13-7+. The van der Waals surface area contributed by atoms with E-state index in [9.17, 15) is 0 Å². The number of nitrogens with zero attached hydrogens (tertiary/aromatic N) is 2. The lowest BCUT2D eigenvalue weighted by atomic mass is 10.1. The van der Waals surface area contributed by atoms with Gasteiger partial charge in [0.1, 0.15) is 5.82 Å². The molecule has 15 heavy (non-hydrogen) atoms. The van der Waals surface area contributed by atoms with Gasteiger partial charge < -0.3 is 10.5 Å². The SMILES string of the molecule is Cc1cc(/C=N/O)cnc1NC(C)(C)C. The lowest BCUT2D eigenvalue weighted by Crippen LogP contribution is -2.27. The molecule has 0 aliphatic carbocycles. The number of hydrogen-bond acceptors (Lipinski definition) is 4. The summed E-state index contributed by atoms with van der Waals surface area (Å²) in [5.41, 5.74) is 1.81. The van der Waals surface area contributed by atoms with Crippen molar-refractivity contribution >= 4 is 12.0 Å². The zero-order valence-corrected chi connectivity index (χ0v) is 9.57. The molecule has 1 heterocycles. The number of anilines is 1. The molecule has 1 aromatic heterocycles. The molecule has 1 aromatic rings. The zero-order chi connectivity index (χ0) is 11.5. The molecule has 1 rings (SSSR count). The highest BCUT2D eigenvalue weighted by molar-refractivity contribution is 5.79. The largest absolute Gasteiger partial charge is 0.411 e. The van der Waals surface area contributed by atoms with Crippen LogP contribution in [0.1, 0.15) is 31.9 Å². The monoisotopic (exact) mass is 207 g/mol. The minimum Gasteiger partial charge on any atom is -0.411 e. The van der Waals surface area contributed by atoms with Gasteiger partial charge in [-0.25, -0.2) is 4.98 Å². The van der Waals surface area contributed by atoms with Crippen LogP contribution in [0.25, 0.3) is 0 Å². The first kappa shape index (κ1) is 11.5. The summed E-state index contributed by atoms with van der Waals surface area (Å²) < 4.78 is 0. The number of nitrogens with one attached hydrogen (secondary N) is 1. The van der Waals surface area contributed by atoms with Gasteiger partial charge in [-0.2, -0.15) is 0 Å². The van der Waals surface area contributed by atoms with Crippen molar-refractivity contribution in [1.29, 1.82) is 0 Å². The minimum atomic E-state index is -0.00958. The Morgan fingerprint density at radius 2 is 2.13 bits per heavy atom. The summed E-state index contributed by atoms with van der Waals surface area (Å²) in [5, 5.41) is 14.7. The van der Waals surface area contributed by atoms with Gasteiger partial charge in [0.05, 0.1) is 6.21 Å². The maximum absolute atomic E-state index is 8.39. The van der Waals surface area contributed by atoms with Crippen LogP contribution in [0.5, 0.6) is 0 Å². The summed E-state index contributed by atoms with van der Waals surface area (Å²) >= 11 is 0. The second kappa shape index (κ2) is 4.29. The van der Waals surface area contributed by atoms with E-state index >= 15 is 0 Å². The Kier molecular flexibility index (Phi) is 3.29. The summed E-state index contributed by atoms with van der Waals surface area (Å²) in [6.45, 7) is 8.21. The van der Waals surface area contributed by atoms with E-state index in [1.54, 1.807) is 6.20 Å². The van der Waals surface area contributed by atoms with Gasteiger partial charge in [0.25, 0.3) is 0 Å². The molecule has 0 unspecified atom stereocenters. The highest BCUT2D eigenvalue weighted by atomic mass is 16.4. The summed E-state index contributed by atoms with van der Waals surface area (Å²) in [7, 11) is 0. The van der Waals surface area contributed by atoms with E-state index in [1.807, 2.05) is 13.0 Å². The van der Waals surface area contributed by atoms with E-state index in [0.717, 1.165) is 16.9 Å². The number of rotatable bonds is 2. The third kappa shape index (κ3) is 3.58. The van der Waals surface area contributed by atoms with E-state index < -0.39 is 0 Å². The molecule has 2 N–H and O–H groups in total. The average Bonchev–Trinajstić information content (AvgIpc) is 2.08. The van der Waals surface area contributed by atoms with Gasteiger partial charge in [-0.15, -0.1) is 0 Å². The van der Waals surface area contributed by atoms with E-state index in [2.05, 4.69) is 36.2 Å². The topological polar surface area (TPSA) is 57.5 Å². The molecular weight excluding hydrogens is 190 g/mol. The maximum Gasteiger partial charge on any atom is 0.129 e. The predicted molar refractivity (Wildman–Crippen MR) is 61.7 cm³/mol.